The lowest BCUT2D eigenvalue weighted by Crippen LogP contribution is -2.25. The van der Waals surface area contributed by atoms with Crippen LogP contribution in [0.2, 0.25) is 0 Å². The lowest BCUT2D eigenvalue weighted by atomic mass is 10.1. The Bertz CT molecular complexity index is 689. The minimum Gasteiger partial charge on any atom is -0.483 e. The van der Waals surface area contributed by atoms with Crippen molar-refractivity contribution in [3.05, 3.63) is 64.1 Å². The molecule has 0 spiro atoms. The molecule has 0 aromatic heterocycles. The molecule has 22 heavy (non-hydrogen) atoms. The van der Waals surface area contributed by atoms with E-state index >= 15 is 0 Å². The van der Waals surface area contributed by atoms with Gasteiger partial charge in [-0.1, -0.05) is 40.2 Å². The molecule has 0 aliphatic carbocycles. The fourth-order valence-electron chi connectivity index (χ4n) is 1.85. The first kappa shape index (κ1) is 16.0. The number of carbonyl (C=O) groups excluding carboxylic acids is 2. The van der Waals surface area contributed by atoms with Crippen molar-refractivity contribution in [2.45, 2.75) is 6.54 Å². The van der Waals surface area contributed by atoms with Gasteiger partial charge < -0.3 is 15.8 Å². The number of amides is 2. The van der Waals surface area contributed by atoms with Gasteiger partial charge in [-0.05, 0) is 29.8 Å². The van der Waals surface area contributed by atoms with Crippen LogP contribution in [0, 0.1) is 0 Å². The Morgan fingerprint density at radius 2 is 1.91 bits per heavy atom. The Hall–Kier alpha value is -2.34. The van der Waals surface area contributed by atoms with Crippen LogP contribution in [0.15, 0.2) is 53.0 Å². The number of carbonyl (C=O) groups is 2. The molecule has 6 heteroatoms. The molecule has 0 aliphatic heterocycles. The minimum absolute atomic E-state index is 0.268. The second kappa shape index (κ2) is 7.61. The summed E-state index contributed by atoms with van der Waals surface area (Å²) in [5.74, 6) is -0.544. The summed E-state index contributed by atoms with van der Waals surface area (Å²) in [6.45, 7) is 0.123. The SMILES string of the molecule is NC(=O)COc1ccccc1C(=O)NCc1cccc(Br)c1. The van der Waals surface area contributed by atoms with Crippen LogP contribution in [0.3, 0.4) is 0 Å². The predicted octanol–water partition coefficient (Wildman–Crippen LogP) is 2.24. The van der Waals surface area contributed by atoms with E-state index in [0.29, 0.717) is 17.9 Å². The standard InChI is InChI=1S/C16H15BrN2O3/c17-12-5-3-4-11(8-12)9-19-16(21)13-6-1-2-7-14(13)22-10-15(18)20/h1-8H,9-10H2,(H2,18,20)(H,19,21). The number of halogens is 1. The monoisotopic (exact) mass is 362 g/mol. The van der Waals surface area contributed by atoms with Crippen LogP contribution < -0.4 is 15.8 Å². The Labute approximate surface area is 136 Å². The van der Waals surface area contributed by atoms with Gasteiger partial charge in [-0.25, -0.2) is 0 Å². The first-order valence-corrected chi connectivity index (χ1v) is 7.38. The number of hydrogen-bond acceptors (Lipinski definition) is 3. The molecular weight excluding hydrogens is 348 g/mol. The fraction of sp³-hybridized carbons (Fsp3) is 0.125. The topological polar surface area (TPSA) is 81.4 Å². The van der Waals surface area contributed by atoms with Crippen molar-refractivity contribution >= 4 is 27.7 Å². The van der Waals surface area contributed by atoms with Crippen LogP contribution in [-0.2, 0) is 11.3 Å². The Balaban J connectivity index is 2.04. The van der Waals surface area contributed by atoms with Crippen LogP contribution in [0.25, 0.3) is 0 Å². The van der Waals surface area contributed by atoms with Crippen molar-refractivity contribution in [2.24, 2.45) is 5.73 Å². The van der Waals surface area contributed by atoms with Crippen molar-refractivity contribution in [3.8, 4) is 5.75 Å². The fourth-order valence-corrected chi connectivity index (χ4v) is 2.30. The predicted molar refractivity (Wildman–Crippen MR) is 86.4 cm³/mol. The molecule has 0 unspecified atom stereocenters. The van der Waals surface area contributed by atoms with Crippen LogP contribution in [0.4, 0.5) is 0 Å². The Morgan fingerprint density at radius 1 is 1.14 bits per heavy atom. The highest BCUT2D eigenvalue weighted by Crippen LogP contribution is 2.18. The van der Waals surface area contributed by atoms with E-state index in [4.69, 9.17) is 10.5 Å². The minimum atomic E-state index is -0.593. The van der Waals surface area contributed by atoms with Gasteiger partial charge in [0.1, 0.15) is 5.75 Å². The van der Waals surface area contributed by atoms with Gasteiger partial charge in [0.05, 0.1) is 5.56 Å². The molecule has 0 fully saturated rings. The summed E-state index contributed by atoms with van der Waals surface area (Å²) in [4.78, 5) is 23.0. The second-order valence-electron chi connectivity index (χ2n) is 4.56. The van der Waals surface area contributed by atoms with Gasteiger partial charge >= 0.3 is 0 Å². The molecule has 2 amide bonds. The molecule has 3 N–H and O–H groups in total. The largest absolute Gasteiger partial charge is 0.483 e. The molecule has 0 aliphatic rings. The number of nitrogens with two attached hydrogens (primary N) is 1. The van der Waals surface area contributed by atoms with Crippen molar-refractivity contribution < 1.29 is 14.3 Å². The van der Waals surface area contributed by atoms with Gasteiger partial charge in [-0.3, -0.25) is 9.59 Å². The van der Waals surface area contributed by atoms with Crippen molar-refractivity contribution in [2.75, 3.05) is 6.61 Å². The maximum absolute atomic E-state index is 12.2. The van der Waals surface area contributed by atoms with E-state index in [2.05, 4.69) is 21.2 Å². The lowest BCUT2D eigenvalue weighted by molar-refractivity contribution is -0.119. The van der Waals surface area contributed by atoms with E-state index in [1.165, 1.54) is 0 Å². The highest BCUT2D eigenvalue weighted by Gasteiger charge is 2.12. The number of rotatable bonds is 6. The molecular formula is C16H15BrN2O3. The highest BCUT2D eigenvalue weighted by atomic mass is 79.9. The van der Waals surface area contributed by atoms with E-state index < -0.39 is 5.91 Å². The van der Waals surface area contributed by atoms with E-state index in [1.807, 2.05) is 24.3 Å². The first-order valence-electron chi connectivity index (χ1n) is 6.59. The zero-order valence-corrected chi connectivity index (χ0v) is 13.3. The van der Waals surface area contributed by atoms with E-state index in [0.717, 1.165) is 10.0 Å². The number of ether oxygens (including phenoxy) is 1. The molecule has 2 rings (SSSR count). The molecule has 0 radical (unpaired) electrons. The van der Waals surface area contributed by atoms with E-state index in [1.54, 1.807) is 24.3 Å². The van der Waals surface area contributed by atoms with Gasteiger partial charge in [0.25, 0.3) is 11.8 Å². The maximum atomic E-state index is 12.2. The third kappa shape index (κ3) is 4.60. The first-order chi connectivity index (χ1) is 10.6. The molecule has 2 aromatic rings. The van der Waals surface area contributed by atoms with Crippen molar-refractivity contribution in [1.29, 1.82) is 0 Å². The van der Waals surface area contributed by atoms with Crippen molar-refractivity contribution in [3.63, 3.8) is 0 Å². The molecule has 2 aromatic carbocycles. The molecule has 114 valence electrons. The summed E-state index contributed by atoms with van der Waals surface area (Å²) in [5, 5.41) is 2.81. The lowest BCUT2D eigenvalue weighted by Gasteiger charge is -2.11. The normalized spacial score (nSPS) is 10.0. The van der Waals surface area contributed by atoms with Gasteiger partial charge in [0, 0.05) is 11.0 Å². The van der Waals surface area contributed by atoms with Gasteiger partial charge in [-0.2, -0.15) is 0 Å². The average Bonchev–Trinajstić information content (AvgIpc) is 2.51. The van der Waals surface area contributed by atoms with Crippen LogP contribution in [0.1, 0.15) is 15.9 Å². The summed E-state index contributed by atoms with van der Waals surface area (Å²) in [7, 11) is 0. The average molecular weight is 363 g/mol. The van der Waals surface area contributed by atoms with Crippen LogP contribution in [0.5, 0.6) is 5.75 Å². The summed E-state index contributed by atoms with van der Waals surface area (Å²) in [6.07, 6.45) is 0. The molecule has 0 bridgehead atoms. The van der Waals surface area contributed by atoms with Gasteiger partial charge in [0.15, 0.2) is 6.61 Å². The number of primary amides is 1. The highest BCUT2D eigenvalue weighted by molar-refractivity contribution is 9.10. The number of para-hydroxylation sites is 1. The maximum Gasteiger partial charge on any atom is 0.255 e. The summed E-state index contributed by atoms with van der Waals surface area (Å²) in [5.41, 5.74) is 6.38. The third-order valence-electron chi connectivity index (χ3n) is 2.84. The van der Waals surface area contributed by atoms with Gasteiger partial charge in [-0.15, -0.1) is 0 Å². The van der Waals surface area contributed by atoms with Crippen molar-refractivity contribution in [1.82, 2.24) is 5.32 Å². The summed E-state index contributed by atoms with van der Waals surface area (Å²) >= 11 is 3.38. The number of hydrogen-bond donors (Lipinski definition) is 2. The molecule has 0 heterocycles. The second-order valence-corrected chi connectivity index (χ2v) is 5.48. The Kier molecular flexibility index (Phi) is 5.55. The quantitative estimate of drug-likeness (QED) is 0.826. The van der Waals surface area contributed by atoms with Crippen LogP contribution in [-0.4, -0.2) is 18.4 Å². The third-order valence-corrected chi connectivity index (χ3v) is 3.34. The van der Waals surface area contributed by atoms with E-state index in [9.17, 15) is 9.59 Å². The zero-order valence-electron chi connectivity index (χ0n) is 11.7. The molecule has 0 saturated carbocycles. The molecule has 0 atom stereocenters. The van der Waals surface area contributed by atoms with Crippen LogP contribution >= 0.6 is 15.9 Å². The zero-order chi connectivity index (χ0) is 15.9. The smallest absolute Gasteiger partial charge is 0.255 e. The summed E-state index contributed by atoms with van der Waals surface area (Å²) < 4.78 is 6.20. The number of benzene rings is 2. The molecule has 0 saturated heterocycles. The Morgan fingerprint density at radius 3 is 2.64 bits per heavy atom. The summed E-state index contributed by atoms with van der Waals surface area (Å²) in [6, 6.07) is 14.4. The van der Waals surface area contributed by atoms with Gasteiger partial charge in [0.2, 0.25) is 0 Å². The molecule has 5 nitrogen and oxygen atoms in total. The number of nitrogens with one attached hydrogen (secondary N) is 1. The van der Waals surface area contributed by atoms with E-state index in [-0.39, 0.29) is 12.5 Å².